The number of nitrogens with one attached hydrogen (secondary N) is 1. The second-order valence-corrected chi connectivity index (χ2v) is 4.65. The van der Waals surface area contributed by atoms with Gasteiger partial charge in [-0.05, 0) is 40.2 Å². The zero-order valence-electron chi connectivity index (χ0n) is 8.95. The molecule has 2 rings (SSSR count). The zero-order valence-corrected chi connectivity index (χ0v) is 11.3. The third-order valence-electron chi connectivity index (χ3n) is 2.19. The minimum Gasteiger partial charge on any atom is -0.305 e. The fourth-order valence-electron chi connectivity index (χ4n) is 1.33. The number of nitrogens with zero attached hydrogens (tertiary/aromatic N) is 1. The minimum absolute atomic E-state index is 0.0777. The van der Waals surface area contributed by atoms with Gasteiger partial charge in [0.05, 0.1) is 15.1 Å². The van der Waals surface area contributed by atoms with Crippen molar-refractivity contribution in [2.75, 3.05) is 5.32 Å². The van der Waals surface area contributed by atoms with Crippen LogP contribution in [0.1, 0.15) is 10.4 Å². The maximum atomic E-state index is 13.7. The number of anilines is 1. The Kier molecular flexibility index (Phi) is 3.93. The Bertz CT molecular complexity index is 606. The first-order valence-corrected chi connectivity index (χ1v) is 6.12. The minimum atomic E-state index is -0.623. The van der Waals surface area contributed by atoms with E-state index in [0.717, 1.165) is 0 Å². The number of hydrogen-bond donors (Lipinski definition) is 1. The van der Waals surface area contributed by atoms with E-state index in [2.05, 4.69) is 26.2 Å². The number of carbonyl (C=O) groups is 1. The fourth-order valence-corrected chi connectivity index (χ4v) is 1.87. The van der Waals surface area contributed by atoms with Crippen molar-refractivity contribution in [3.8, 4) is 0 Å². The molecule has 1 N–H and O–H groups in total. The number of pyridine rings is 1. The monoisotopic (exact) mass is 328 g/mol. The summed E-state index contributed by atoms with van der Waals surface area (Å²) in [5, 5.41) is 2.74. The van der Waals surface area contributed by atoms with Crippen molar-refractivity contribution >= 4 is 39.3 Å². The molecule has 1 heterocycles. The Morgan fingerprint density at radius 2 is 2.11 bits per heavy atom. The van der Waals surface area contributed by atoms with Gasteiger partial charge in [-0.15, -0.1) is 0 Å². The van der Waals surface area contributed by atoms with Gasteiger partial charge in [0.25, 0.3) is 5.91 Å². The molecular formula is C12H7BrClFN2O. The first kappa shape index (κ1) is 13.0. The Morgan fingerprint density at radius 3 is 2.83 bits per heavy atom. The van der Waals surface area contributed by atoms with Gasteiger partial charge in [0.1, 0.15) is 5.82 Å². The highest BCUT2D eigenvalue weighted by molar-refractivity contribution is 9.10. The molecule has 1 amide bonds. The van der Waals surface area contributed by atoms with Crippen LogP contribution in [0.15, 0.2) is 41.0 Å². The summed E-state index contributed by atoms with van der Waals surface area (Å²) in [5.41, 5.74) is -0.0777. The molecule has 0 saturated heterocycles. The van der Waals surface area contributed by atoms with Crippen molar-refractivity contribution in [2.45, 2.75) is 0 Å². The molecule has 0 aliphatic rings. The summed E-state index contributed by atoms with van der Waals surface area (Å²) in [6.45, 7) is 0. The van der Waals surface area contributed by atoms with Crippen LogP contribution in [0.25, 0.3) is 0 Å². The molecule has 0 bridgehead atoms. The van der Waals surface area contributed by atoms with Crippen molar-refractivity contribution in [1.82, 2.24) is 4.98 Å². The van der Waals surface area contributed by atoms with Crippen molar-refractivity contribution < 1.29 is 9.18 Å². The van der Waals surface area contributed by atoms with Gasteiger partial charge < -0.3 is 5.32 Å². The van der Waals surface area contributed by atoms with E-state index in [1.807, 2.05) is 0 Å². The predicted octanol–water partition coefficient (Wildman–Crippen LogP) is 3.89. The summed E-state index contributed by atoms with van der Waals surface area (Å²) in [6, 6.07) is 7.69. The molecule has 0 aliphatic heterocycles. The van der Waals surface area contributed by atoms with Crippen LogP contribution in [0.2, 0.25) is 5.02 Å². The lowest BCUT2D eigenvalue weighted by Crippen LogP contribution is -2.15. The Hall–Kier alpha value is -1.46. The summed E-state index contributed by atoms with van der Waals surface area (Å²) in [7, 11) is 0. The van der Waals surface area contributed by atoms with E-state index >= 15 is 0 Å². The predicted molar refractivity (Wildman–Crippen MR) is 71.3 cm³/mol. The molecule has 0 spiro atoms. The molecule has 92 valence electrons. The van der Waals surface area contributed by atoms with Crippen LogP contribution in [0.4, 0.5) is 10.2 Å². The Morgan fingerprint density at radius 1 is 1.33 bits per heavy atom. The van der Waals surface area contributed by atoms with Crippen molar-refractivity contribution in [1.29, 1.82) is 0 Å². The highest BCUT2D eigenvalue weighted by Gasteiger charge is 2.15. The number of carbonyl (C=O) groups excluding carboxylic acids is 1. The SMILES string of the molecule is O=C(Nc1ncccc1Cl)c1cccc(Br)c1F. The van der Waals surface area contributed by atoms with E-state index in [0.29, 0.717) is 5.02 Å². The number of aromatic nitrogens is 1. The Balaban J connectivity index is 2.28. The molecule has 18 heavy (non-hydrogen) atoms. The van der Waals surface area contributed by atoms with Crippen LogP contribution in [0, 0.1) is 5.82 Å². The topological polar surface area (TPSA) is 42.0 Å². The second kappa shape index (κ2) is 5.46. The average molecular weight is 330 g/mol. The fraction of sp³-hybridized carbons (Fsp3) is 0. The number of hydrogen-bond acceptors (Lipinski definition) is 2. The summed E-state index contributed by atoms with van der Waals surface area (Å²) >= 11 is 8.86. The highest BCUT2D eigenvalue weighted by Crippen LogP contribution is 2.21. The number of rotatable bonds is 2. The van der Waals surface area contributed by atoms with Crippen LogP contribution in [0.5, 0.6) is 0 Å². The molecule has 1 aromatic carbocycles. The summed E-state index contributed by atoms with van der Waals surface area (Å²) in [4.78, 5) is 15.8. The maximum absolute atomic E-state index is 13.7. The van der Waals surface area contributed by atoms with Gasteiger partial charge >= 0.3 is 0 Å². The Labute approximate surface area is 116 Å². The largest absolute Gasteiger partial charge is 0.305 e. The van der Waals surface area contributed by atoms with E-state index in [1.54, 1.807) is 18.2 Å². The van der Waals surface area contributed by atoms with Crippen molar-refractivity contribution in [3.05, 3.63) is 57.4 Å². The molecule has 0 aliphatic carbocycles. The van der Waals surface area contributed by atoms with Gasteiger partial charge in [-0.25, -0.2) is 9.37 Å². The van der Waals surface area contributed by atoms with Crippen LogP contribution in [-0.2, 0) is 0 Å². The van der Waals surface area contributed by atoms with Gasteiger partial charge in [0.2, 0.25) is 0 Å². The quantitative estimate of drug-likeness (QED) is 0.908. The molecule has 1 aromatic heterocycles. The van der Waals surface area contributed by atoms with E-state index < -0.39 is 11.7 Å². The number of halogens is 3. The molecule has 3 nitrogen and oxygen atoms in total. The van der Waals surface area contributed by atoms with Crippen LogP contribution < -0.4 is 5.32 Å². The van der Waals surface area contributed by atoms with Crippen molar-refractivity contribution in [2.24, 2.45) is 0 Å². The van der Waals surface area contributed by atoms with E-state index in [9.17, 15) is 9.18 Å². The first-order chi connectivity index (χ1) is 8.59. The van der Waals surface area contributed by atoms with Crippen LogP contribution in [0.3, 0.4) is 0 Å². The van der Waals surface area contributed by atoms with Crippen LogP contribution >= 0.6 is 27.5 Å². The standard InChI is InChI=1S/C12H7BrClFN2O/c13-8-4-1-3-7(10(8)15)12(18)17-11-9(14)5-2-6-16-11/h1-6H,(H,16,17,18). The lowest BCUT2D eigenvalue weighted by Gasteiger charge is -2.07. The normalized spacial score (nSPS) is 10.2. The van der Waals surface area contributed by atoms with Gasteiger partial charge in [0, 0.05) is 6.20 Å². The molecule has 2 aromatic rings. The maximum Gasteiger partial charge on any atom is 0.259 e. The molecule has 0 saturated carbocycles. The van der Waals surface area contributed by atoms with E-state index in [4.69, 9.17) is 11.6 Å². The van der Waals surface area contributed by atoms with Crippen LogP contribution in [-0.4, -0.2) is 10.9 Å². The van der Waals surface area contributed by atoms with E-state index in [1.165, 1.54) is 18.3 Å². The van der Waals surface area contributed by atoms with Gasteiger partial charge in [-0.2, -0.15) is 0 Å². The number of amides is 1. The summed E-state index contributed by atoms with van der Waals surface area (Å²) in [6.07, 6.45) is 1.48. The molecule has 0 radical (unpaired) electrons. The number of benzene rings is 1. The third-order valence-corrected chi connectivity index (χ3v) is 3.10. The molecule has 0 unspecified atom stereocenters. The second-order valence-electron chi connectivity index (χ2n) is 3.39. The smallest absolute Gasteiger partial charge is 0.259 e. The average Bonchev–Trinajstić information content (AvgIpc) is 2.35. The van der Waals surface area contributed by atoms with Gasteiger partial charge in [-0.1, -0.05) is 17.7 Å². The summed E-state index contributed by atoms with van der Waals surface area (Å²) < 4.78 is 13.9. The van der Waals surface area contributed by atoms with E-state index in [-0.39, 0.29) is 15.9 Å². The third kappa shape index (κ3) is 2.68. The molecular weight excluding hydrogens is 322 g/mol. The van der Waals surface area contributed by atoms with Gasteiger partial charge in [-0.3, -0.25) is 4.79 Å². The summed E-state index contributed by atoms with van der Waals surface area (Å²) in [5.74, 6) is -1.03. The zero-order chi connectivity index (χ0) is 13.1. The molecule has 0 fully saturated rings. The van der Waals surface area contributed by atoms with Gasteiger partial charge in [0.15, 0.2) is 5.82 Å². The molecule has 0 atom stereocenters. The van der Waals surface area contributed by atoms with Crippen molar-refractivity contribution in [3.63, 3.8) is 0 Å². The molecule has 6 heteroatoms. The highest BCUT2D eigenvalue weighted by atomic mass is 79.9. The lowest BCUT2D eigenvalue weighted by molar-refractivity contribution is 0.102. The lowest BCUT2D eigenvalue weighted by atomic mass is 10.2. The first-order valence-electron chi connectivity index (χ1n) is 4.95.